The van der Waals surface area contributed by atoms with Gasteiger partial charge < -0.3 is 9.42 Å². The third-order valence-corrected chi connectivity index (χ3v) is 3.73. The summed E-state index contributed by atoms with van der Waals surface area (Å²) in [6.45, 7) is 4.99. The summed E-state index contributed by atoms with van der Waals surface area (Å²) >= 11 is 0. The van der Waals surface area contributed by atoms with Crippen molar-refractivity contribution in [3.63, 3.8) is 0 Å². The second-order valence-corrected chi connectivity index (χ2v) is 5.62. The van der Waals surface area contributed by atoms with E-state index >= 15 is 0 Å². The minimum atomic E-state index is 0.140. The Morgan fingerprint density at radius 1 is 1.40 bits per heavy atom. The van der Waals surface area contributed by atoms with Crippen molar-refractivity contribution < 1.29 is 9.32 Å². The standard InChI is InChI=1S/C14H24N4O2/c1-4-6-11(19)9-13-15-14(16-20-13)12-10-17(2)7-5-8-18(12)3/h12H,4-10H2,1-3H3. The molecule has 1 unspecified atom stereocenters. The molecule has 20 heavy (non-hydrogen) atoms. The maximum absolute atomic E-state index is 11.6. The van der Waals surface area contributed by atoms with Crippen molar-refractivity contribution in [2.24, 2.45) is 0 Å². The number of hydrogen-bond donors (Lipinski definition) is 0. The van der Waals surface area contributed by atoms with E-state index in [0.717, 1.165) is 32.5 Å². The summed E-state index contributed by atoms with van der Waals surface area (Å²) in [4.78, 5) is 20.6. The van der Waals surface area contributed by atoms with E-state index in [2.05, 4.69) is 34.0 Å². The lowest BCUT2D eigenvalue weighted by Gasteiger charge is -2.24. The Morgan fingerprint density at radius 3 is 2.95 bits per heavy atom. The van der Waals surface area contributed by atoms with Crippen molar-refractivity contribution in [2.45, 2.75) is 38.6 Å². The molecule has 2 rings (SSSR count). The molecular weight excluding hydrogens is 256 g/mol. The van der Waals surface area contributed by atoms with E-state index in [1.807, 2.05) is 6.92 Å². The Hall–Kier alpha value is -1.27. The van der Waals surface area contributed by atoms with E-state index in [-0.39, 0.29) is 18.2 Å². The van der Waals surface area contributed by atoms with Crippen molar-refractivity contribution in [3.8, 4) is 0 Å². The summed E-state index contributed by atoms with van der Waals surface area (Å²) in [6, 6.07) is 0.140. The Bertz CT molecular complexity index is 446. The number of ketones is 1. The minimum Gasteiger partial charge on any atom is -0.339 e. The van der Waals surface area contributed by atoms with Gasteiger partial charge in [0.25, 0.3) is 0 Å². The maximum atomic E-state index is 11.6. The van der Waals surface area contributed by atoms with Gasteiger partial charge in [0.15, 0.2) is 5.82 Å². The van der Waals surface area contributed by atoms with E-state index in [0.29, 0.717) is 18.1 Å². The van der Waals surface area contributed by atoms with Gasteiger partial charge in [0, 0.05) is 13.0 Å². The van der Waals surface area contributed by atoms with Gasteiger partial charge in [-0.1, -0.05) is 12.1 Å². The lowest BCUT2D eigenvalue weighted by molar-refractivity contribution is -0.118. The topological polar surface area (TPSA) is 62.5 Å². The predicted octanol–water partition coefficient (Wildman–Crippen LogP) is 1.29. The van der Waals surface area contributed by atoms with Gasteiger partial charge in [-0.25, -0.2) is 0 Å². The summed E-state index contributed by atoms with van der Waals surface area (Å²) in [7, 11) is 4.19. The molecule has 1 saturated heterocycles. The third-order valence-electron chi connectivity index (χ3n) is 3.73. The number of likely N-dealkylation sites (N-methyl/N-ethyl adjacent to an activating group) is 2. The molecule has 2 heterocycles. The molecule has 1 aromatic heterocycles. The molecule has 0 bridgehead atoms. The number of Topliss-reactive ketones (excluding diaryl/α,β-unsaturated/α-hetero) is 1. The number of rotatable bonds is 5. The van der Waals surface area contributed by atoms with Gasteiger partial charge in [-0.05, 0) is 40.0 Å². The molecule has 0 saturated carbocycles. The number of hydrogen-bond acceptors (Lipinski definition) is 6. The van der Waals surface area contributed by atoms with Gasteiger partial charge in [0.1, 0.15) is 5.78 Å². The highest BCUT2D eigenvalue weighted by Gasteiger charge is 2.26. The molecule has 1 atom stereocenters. The molecule has 0 spiro atoms. The van der Waals surface area contributed by atoms with Crippen LogP contribution in [0.5, 0.6) is 0 Å². The Morgan fingerprint density at radius 2 is 2.20 bits per heavy atom. The smallest absolute Gasteiger partial charge is 0.234 e. The summed E-state index contributed by atoms with van der Waals surface area (Å²) in [6.07, 6.45) is 2.83. The van der Waals surface area contributed by atoms with E-state index < -0.39 is 0 Å². The highest BCUT2D eigenvalue weighted by Crippen LogP contribution is 2.20. The van der Waals surface area contributed by atoms with Gasteiger partial charge in [-0.3, -0.25) is 9.69 Å². The fraction of sp³-hybridized carbons (Fsp3) is 0.786. The molecule has 112 valence electrons. The van der Waals surface area contributed by atoms with Crippen LogP contribution >= 0.6 is 0 Å². The zero-order chi connectivity index (χ0) is 14.5. The Balaban J connectivity index is 2.04. The van der Waals surface area contributed by atoms with Crippen molar-refractivity contribution in [3.05, 3.63) is 11.7 Å². The van der Waals surface area contributed by atoms with Crippen LogP contribution < -0.4 is 0 Å². The molecule has 1 aliphatic heterocycles. The lowest BCUT2D eigenvalue weighted by atomic mass is 10.2. The quantitative estimate of drug-likeness (QED) is 0.810. The predicted molar refractivity (Wildman–Crippen MR) is 75.4 cm³/mol. The van der Waals surface area contributed by atoms with E-state index in [1.54, 1.807) is 0 Å². The monoisotopic (exact) mass is 280 g/mol. The molecule has 0 radical (unpaired) electrons. The first kappa shape index (κ1) is 15.1. The molecule has 6 nitrogen and oxygen atoms in total. The van der Waals surface area contributed by atoms with E-state index in [9.17, 15) is 4.79 Å². The molecule has 6 heteroatoms. The van der Waals surface area contributed by atoms with E-state index in [4.69, 9.17) is 4.52 Å². The van der Waals surface area contributed by atoms with Crippen molar-refractivity contribution in [2.75, 3.05) is 33.7 Å². The largest absolute Gasteiger partial charge is 0.339 e. The average Bonchev–Trinajstić information content (AvgIpc) is 2.77. The number of carbonyl (C=O) groups excluding carboxylic acids is 1. The van der Waals surface area contributed by atoms with Gasteiger partial charge in [0.05, 0.1) is 12.5 Å². The molecule has 0 N–H and O–H groups in total. The van der Waals surface area contributed by atoms with Gasteiger partial charge in [-0.15, -0.1) is 0 Å². The molecule has 0 aliphatic carbocycles. The number of aromatic nitrogens is 2. The van der Waals surface area contributed by atoms with Crippen molar-refractivity contribution in [1.82, 2.24) is 19.9 Å². The van der Waals surface area contributed by atoms with Gasteiger partial charge in [-0.2, -0.15) is 4.98 Å². The van der Waals surface area contributed by atoms with Crippen LogP contribution in [0, 0.1) is 0 Å². The van der Waals surface area contributed by atoms with Crippen molar-refractivity contribution >= 4 is 5.78 Å². The van der Waals surface area contributed by atoms with Gasteiger partial charge in [0.2, 0.25) is 5.89 Å². The first-order valence-electron chi connectivity index (χ1n) is 7.33. The van der Waals surface area contributed by atoms with Crippen LogP contribution in [0.1, 0.15) is 43.9 Å². The summed E-state index contributed by atoms with van der Waals surface area (Å²) in [5.41, 5.74) is 0. The highest BCUT2D eigenvalue weighted by molar-refractivity contribution is 5.79. The summed E-state index contributed by atoms with van der Waals surface area (Å²) in [5.74, 6) is 1.30. The van der Waals surface area contributed by atoms with Crippen LogP contribution in [0.15, 0.2) is 4.52 Å². The fourth-order valence-corrected chi connectivity index (χ4v) is 2.56. The summed E-state index contributed by atoms with van der Waals surface area (Å²) in [5, 5.41) is 4.07. The third kappa shape index (κ3) is 3.86. The Kier molecular flexibility index (Phi) is 5.25. The lowest BCUT2D eigenvalue weighted by Crippen LogP contribution is -2.31. The van der Waals surface area contributed by atoms with Gasteiger partial charge >= 0.3 is 0 Å². The highest BCUT2D eigenvalue weighted by atomic mass is 16.5. The maximum Gasteiger partial charge on any atom is 0.234 e. The molecule has 1 aliphatic rings. The van der Waals surface area contributed by atoms with Crippen molar-refractivity contribution in [1.29, 1.82) is 0 Å². The van der Waals surface area contributed by atoms with Crippen LogP contribution in [-0.2, 0) is 11.2 Å². The zero-order valence-corrected chi connectivity index (χ0v) is 12.6. The molecule has 0 aromatic carbocycles. The molecule has 1 fully saturated rings. The summed E-state index contributed by atoms with van der Waals surface area (Å²) < 4.78 is 5.23. The van der Waals surface area contributed by atoms with Crippen LogP contribution in [0.3, 0.4) is 0 Å². The Labute approximate surface area is 120 Å². The van der Waals surface area contributed by atoms with E-state index in [1.165, 1.54) is 0 Å². The average molecular weight is 280 g/mol. The second kappa shape index (κ2) is 6.95. The number of nitrogens with zero attached hydrogens (tertiary/aromatic N) is 4. The molecule has 1 aromatic rings. The van der Waals surface area contributed by atoms with Crippen LogP contribution in [0.25, 0.3) is 0 Å². The minimum absolute atomic E-state index is 0.140. The first-order valence-corrected chi connectivity index (χ1v) is 7.33. The zero-order valence-electron chi connectivity index (χ0n) is 12.6. The normalized spacial score (nSPS) is 21.9. The van der Waals surface area contributed by atoms with Crippen LogP contribution in [-0.4, -0.2) is 59.5 Å². The SMILES string of the molecule is CCCC(=O)Cc1nc(C2CN(C)CCCN2C)no1. The fourth-order valence-electron chi connectivity index (χ4n) is 2.56. The molecular formula is C14H24N4O2. The van der Waals surface area contributed by atoms with Crippen LogP contribution in [0.2, 0.25) is 0 Å². The number of carbonyl (C=O) groups is 1. The van der Waals surface area contributed by atoms with Crippen LogP contribution in [0.4, 0.5) is 0 Å². The first-order chi connectivity index (χ1) is 9.60. The second-order valence-electron chi connectivity index (χ2n) is 5.62. The molecule has 0 amide bonds.